The van der Waals surface area contributed by atoms with Crippen molar-refractivity contribution in [3.05, 3.63) is 60.7 Å². The van der Waals surface area contributed by atoms with Gasteiger partial charge in [0, 0.05) is 11.4 Å². The Labute approximate surface area is 163 Å². The predicted molar refractivity (Wildman–Crippen MR) is 116 cm³/mol. The van der Waals surface area contributed by atoms with Crippen LogP contribution in [0.5, 0.6) is 0 Å². The van der Waals surface area contributed by atoms with E-state index in [2.05, 4.69) is 30.6 Å². The molecule has 10 nitrogen and oxygen atoms in total. The summed E-state index contributed by atoms with van der Waals surface area (Å²) in [5, 5.41) is 6.35. The molecule has 0 heterocycles. The molecule has 0 radical (unpaired) electrons. The van der Waals surface area contributed by atoms with Crippen LogP contribution in [0.4, 0.5) is 11.4 Å². The largest absolute Gasteiger partial charge is 0.370 e. The molecule has 0 spiro atoms. The topological polar surface area (TPSA) is 178 Å². The number of aliphatic imine (C=N–C) groups is 4. The molecule has 146 valence electrons. The van der Waals surface area contributed by atoms with E-state index in [1.165, 1.54) is 0 Å². The van der Waals surface area contributed by atoms with E-state index in [0.29, 0.717) is 5.96 Å². The summed E-state index contributed by atoms with van der Waals surface area (Å²) in [6.07, 6.45) is 0. The molecule has 0 unspecified atom stereocenters. The van der Waals surface area contributed by atoms with Crippen molar-refractivity contribution in [1.29, 1.82) is 0 Å². The monoisotopic (exact) mass is 380 g/mol. The molecule has 10 N–H and O–H groups in total. The summed E-state index contributed by atoms with van der Waals surface area (Å²) in [4.78, 5) is 16.0. The minimum absolute atomic E-state index is 0.0190. The summed E-state index contributed by atoms with van der Waals surface area (Å²) >= 11 is 0. The molecule has 0 aliphatic carbocycles. The number of guanidine groups is 4. The molecule has 0 saturated heterocycles. The highest BCUT2D eigenvalue weighted by molar-refractivity contribution is 6.08. The molecular formula is C18H24N10. The van der Waals surface area contributed by atoms with E-state index in [0.717, 1.165) is 11.4 Å². The minimum atomic E-state index is -0.155. The fraction of sp³-hybridized carbons (Fsp3) is 0.111. The second kappa shape index (κ2) is 10.8. The Balaban J connectivity index is 2.07. The lowest BCUT2D eigenvalue weighted by Gasteiger charge is -2.12. The highest BCUT2D eigenvalue weighted by atomic mass is 15.2. The van der Waals surface area contributed by atoms with Crippen molar-refractivity contribution in [3.63, 3.8) is 0 Å². The SMILES string of the molecule is NC(N)=NC(N)=NCCN=C(N)N=C(Nc1ccccc1)Nc1ccccc1. The van der Waals surface area contributed by atoms with Crippen LogP contribution in [0.2, 0.25) is 0 Å². The molecule has 2 aromatic carbocycles. The van der Waals surface area contributed by atoms with Crippen LogP contribution in [0, 0.1) is 0 Å². The molecule has 0 amide bonds. The average Bonchev–Trinajstić information content (AvgIpc) is 2.66. The summed E-state index contributed by atoms with van der Waals surface area (Å²) in [7, 11) is 0. The second-order valence-corrected chi connectivity index (χ2v) is 5.46. The standard InChI is InChI=1S/C18H24N10/c19-15(20)27-16(21)23-11-12-24-17(22)28-18(25-13-7-3-1-4-8-13)26-14-9-5-2-6-10-14/h1-10H,11-12H2,(H6,19,20,21,23,27)(H4,22,24,25,26,28). The molecule has 2 rings (SSSR count). The zero-order chi connectivity index (χ0) is 20.2. The molecule has 0 saturated carbocycles. The van der Waals surface area contributed by atoms with Gasteiger partial charge in [0.1, 0.15) is 0 Å². The highest BCUT2D eigenvalue weighted by Gasteiger charge is 2.02. The number of rotatable bonds is 5. The van der Waals surface area contributed by atoms with Gasteiger partial charge < -0.3 is 33.6 Å². The number of nitrogens with two attached hydrogens (primary N) is 4. The molecule has 28 heavy (non-hydrogen) atoms. The van der Waals surface area contributed by atoms with Crippen molar-refractivity contribution < 1.29 is 0 Å². The van der Waals surface area contributed by atoms with E-state index in [-0.39, 0.29) is 31.0 Å². The average molecular weight is 380 g/mol. The van der Waals surface area contributed by atoms with Gasteiger partial charge in [-0.3, -0.25) is 0 Å². The number of para-hydroxylation sites is 2. The summed E-state index contributed by atoms with van der Waals surface area (Å²) in [5.74, 6) is 0.339. The highest BCUT2D eigenvalue weighted by Crippen LogP contribution is 2.09. The van der Waals surface area contributed by atoms with Crippen LogP contribution in [0.1, 0.15) is 0 Å². The fourth-order valence-corrected chi connectivity index (χ4v) is 2.05. The number of nitrogens with one attached hydrogen (secondary N) is 2. The van der Waals surface area contributed by atoms with E-state index < -0.39 is 0 Å². The third kappa shape index (κ3) is 7.87. The predicted octanol–water partition coefficient (Wildman–Crippen LogP) is 0.469. The van der Waals surface area contributed by atoms with Crippen LogP contribution in [0.3, 0.4) is 0 Å². The molecule has 2 aromatic rings. The van der Waals surface area contributed by atoms with Gasteiger partial charge >= 0.3 is 0 Å². The van der Waals surface area contributed by atoms with E-state index in [1.54, 1.807) is 0 Å². The lowest BCUT2D eigenvalue weighted by Crippen LogP contribution is -2.26. The van der Waals surface area contributed by atoms with Crippen molar-refractivity contribution in [3.8, 4) is 0 Å². The van der Waals surface area contributed by atoms with Crippen LogP contribution >= 0.6 is 0 Å². The maximum absolute atomic E-state index is 5.91. The van der Waals surface area contributed by atoms with Crippen molar-refractivity contribution in [2.45, 2.75) is 0 Å². The van der Waals surface area contributed by atoms with Crippen LogP contribution < -0.4 is 33.6 Å². The van der Waals surface area contributed by atoms with Crippen molar-refractivity contribution >= 4 is 35.2 Å². The molecule has 0 bridgehead atoms. The first kappa shape index (κ1) is 20.2. The first-order valence-electron chi connectivity index (χ1n) is 8.45. The van der Waals surface area contributed by atoms with Crippen LogP contribution in [0.15, 0.2) is 80.6 Å². The van der Waals surface area contributed by atoms with Gasteiger partial charge in [0.25, 0.3) is 0 Å². The van der Waals surface area contributed by atoms with Gasteiger partial charge in [-0.25, -0.2) is 9.98 Å². The molecule has 10 heteroatoms. The molecular weight excluding hydrogens is 356 g/mol. The van der Waals surface area contributed by atoms with Crippen molar-refractivity contribution in [2.24, 2.45) is 42.9 Å². The third-order valence-electron chi connectivity index (χ3n) is 3.19. The number of hydrogen-bond donors (Lipinski definition) is 6. The Kier molecular flexibility index (Phi) is 7.81. The van der Waals surface area contributed by atoms with Crippen LogP contribution in [0.25, 0.3) is 0 Å². The van der Waals surface area contributed by atoms with Crippen molar-refractivity contribution in [2.75, 3.05) is 23.7 Å². The Hall–Kier alpha value is -4.08. The number of nitrogens with zero attached hydrogens (tertiary/aromatic N) is 4. The van der Waals surface area contributed by atoms with Gasteiger partial charge in [-0.2, -0.15) is 9.98 Å². The van der Waals surface area contributed by atoms with E-state index in [1.807, 2.05) is 60.7 Å². The summed E-state index contributed by atoms with van der Waals surface area (Å²) in [5.41, 5.74) is 23.6. The number of hydrogen-bond acceptors (Lipinski definition) is 2. The lowest BCUT2D eigenvalue weighted by molar-refractivity contribution is 0.963. The van der Waals surface area contributed by atoms with Gasteiger partial charge in [0.2, 0.25) is 17.9 Å². The van der Waals surface area contributed by atoms with Gasteiger partial charge in [0.05, 0.1) is 13.1 Å². The van der Waals surface area contributed by atoms with E-state index >= 15 is 0 Å². The smallest absolute Gasteiger partial charge is 0.218 e. The number of anilines is 2. The molecule has 0 atom stereocenters. The van der Waals surface area contributed by atoms with E-state index in [9.17, 15) is 0 Å². The molecule has 0 fully saturated rings. The fourth-order valence-electron chi connectivity index (χ4n) is 2.05. The second-order valence-electron chi connectivity index (χ2n) is 5.46. The summed E-state index contributed by atoms with van der Waals surface area (Å²) in [6, 6.07) is 19.2. The lowest BCUT2D eigenvalue weighted by atomic mass is 10.3. The Morgan fingerprint density at radius 2 is 1.07 bits per heavy atom. The first-order chi connectivity index (χ1) is 13.5. The zero-order valence-electron chi connectivity index (χ0n) is 15.3. The molecule has 0 aliphatic heterocycles. The zero-order valence-corrected chi connectivity index (χ0v) is 15.3. The molecule has 0 aromatic heterocycles. The maximum Gasteiger partial charge on any atom is 0.218 e. The van der Waals surface area contributed by atoms with E-state index in [4.69, 9.17) is 22.9 Å². The quantitative estimate of drug-likeness (QED) is 0.249. The Bertz CT molecular complexity index is 809. The van der Waals surface area contributed by atoms with Crippen molar-refractivity contribution in [1.82, 2.24) is 0 Å². The Morgan fingerprint density at radius 3 is 1.50 bits per heavy atom. The summed E-state index contributed by atoms with van der Waals surface area (Å²) < 4.78 is 0. The van der Waals surface area contributed by atoms with Gasteiger partial charge in [-0.1, -0.05) is 36.4 Å². The van der Waals surface area contributed by atoms with Gasteiger partial charge in [0.15, 0.2) is 5.96 Å². The first-order valence-corrected chi connectivity index (χ1v) is 8.45. The summed E-state index contributed by atoms with van der Waals surface area (Å²) in [6.45, 7) is 0.548. The van der Waals surface area contributed by atoms with Crippen LogP contribution in [-0.2, 0) is 0 Å². The minimum Gasteiger partial charge on any atom is -0.370 e. The maximum atomic E-state index is 5.91. The third-order valence-corrected chi connectivity index (χ3v) is 3.19. The van der Waals surface area contributed by atoms with Gasteiger partial charge in [-0.05, 0) is 24.3 Å². The normalized spacial score (nSPS) is 11.4. The Morgan fingerprint density at radius 1 is 0.643 bits per heavy atom. The molecule has 0 aliphatic rings. The number of benzene rings is 2. The van der Waals surface area contributed by atoms with Gasteiger partial charge in [-0.15, -0.1) is 0 Å². The van der Waals surface area contributed by atoms with Crippen LogP contribution in [-0.4, -0.2) is 36.9 Å².